The lowest BCUT2D eigenvalue weighted by Gasteiger charge is -2.35. The van der Waals surface area contributed by atoms with Gasteiger partial charge in [-0.2, -0.15) is 0 Å². The van der Waals surface area contributed by atoms with Crippen molar-refractivity contribution in [1.82, 2.24) is 10.2 Å². The van der Waals surface area contributed by atoms with Gasteiger partial charge in [0.05, 0.1) is 7.11 Å². The molecule has 6 heteroatoms. The molecule has 0 aromatic heterocycles. The first-order chi connectivity index (χ1) is 15.0. The topological polar surface area (TPSA) is 58.6 Å². The van der Waals surface area contributed by atoms with Gasteiger partial charge in [-0.05, 0) is 42.9 Å². The fourth-order valence-corrected chi connectivity index (χ4v) is 4.56. The van der Waals surface area contributed by atoms with E-state index in [4.69, 9.17) is 16.3 Å². The summed E-state index contributed by atoms with van der Waals surface area (Å²) in [5.74, 6) is 0.625. The van der Waals surface area contributed by atoms with E-state index in [0.717, 1.165) is 62.7 Å². The first-order valence-corrected chi connectivity index (χ1v) is 12.4. The molecule has 0 radical (unpaired) electrons. The summed E-state index contributed by atoms with van der Waals surface area (Å²) >= 11 is 6.01. The van der Waals surface area contributed by atoms with Gasteiger partial charge in [-0.1, -0.05) is 64.5 Å². The Morgan fingerprint density at radius 1 is 1.16 bits per heavy atom. The molecule has 0 aliphatic heterocycles. The van der Waals surface area contributed by atoms with Gasteiger partial charge < -0.3 is 15.0 Å². The van der Waals surface area contributed by atoms with E-state index in [1.54, 1.807) is 12.0 Å². The molecule has 2 unspecified atom stereocenters. The summed E-state index contributed by atoms with van der Waals surface area (Å²) < 4.78 is 5.28. The molecule has 2 amide bonds. The molecule has 0 saturated heterocycles. The quantitative estimate of drug-likeness (QED) is 0.429. The molecule has 2 atom stereocenters. The van der Waals surface area contributed by atoms with Crippen molar-refractivity contribution in [2.45, 2.75) is 83.7 Å². The zero-order valence-corrected chi connectivity index (χ0v) is 20.1. The van der Waals surface area contributed by atoms with Gasteiger partial charge in [-0.3, -0.25) is 9.59 Å². The minimum Gasteiger partial charge on any atom is -0.497 e. The van der Waals surface area contributed by atoms with Crippen molar-refractivity contribution in [3.8, 4) is 5.75 Å². The third-order valence-corrected chi connectivity index (χ3v) is 6.60. The second-order valence-electron chi connectivity index (χ2n) is 8.62. The standard InChI is InChI=1S/C25H39ClN2O3/c1-4-6-10-19(5-2)18-28(23(29)17-26)24(20-13-15-22(31-3)16-14-20)25(30)27-21-11-8-7-9-12-21/h13-16,19,21,24H,4-12,17-18H2,1-3H3,(H,27,30). The number of carbonyl (C=O) groups is 2. The summed E-state index contributed by atoms with van der Waals surface area (Å²) in [6, 6.07) is 6.94. The van der Waals surface area contributed by atoms with Crippen LogP contribution in [0.1, 0.15) is 83.2 Å². The van der Waals surface area contributed by atoms with Crippen LogP contribution < -0.4 is 10.1 Å². The molecule has 1 aromatic carbocycles. The highest BCUT2D eigenvalue weighted by atomic mass is 35.5. The number of nitrogens with one attached hydrogen (secondary N) is 1. The fraction of sp³-hybridized carbons (Fsp3) is 0.680. The predicted octanol–water partition coefficient (Wildman–Crippen LogP) is 5.47. The van der Waals surface area contributed by atoms with Crippen molar-refractivity contribution in [3.05, 3.63) is 29.8 Å². The van der Waals surface area contributed by atoms with E-state index in [2.05, 4.69) is 19.2 Å². The van der Waals surface area contributed by atoms with Crippen LogP contribution in [0.2, 0.25) is 0 Å². The molecule has 1 aromatic rings. The molecule has 2 rings (SSSR count). The Kier molecular flexibility index (Phi) is 11.2. The highest BCUT2D eigenvalue weighted by Gasteiger charge is 2.33. The number of halogens is 1. The highest BCUT2D eigenvalue weighted by molar-refractivity contribution is 6.27. The number of unbranched alkanes of at least 4 members (excludes halogenated alkanes) is 1. The van der Waals surface area contributed by atoms with Crippen molar-refractivity contribution in [2.24, 2.45) is 5.92 Å². The van der Waals surface area contributed by atoms with Gasteiger partial charge in [0.2, 0.25) is 11.8 Å². The van der Waals surface area contributed by atoms with E-state index in [-0.39, 0.29) is 23.7 Å². The molecule has 1 fully saturated rings. The third kappa shape index (κ3) is 7.71. The lowest BCUT2D eigenvalue weighted by Crippen LogP contribution is -2.48. The average Bonchev–Trinajstić information content (AvgIpc) is 2.81. The van der Waals surface area contributed by atoms with Gasteiger partial charge in [0.1, 0.15) is 17.7 Å². The summed E-state index contributed by atoms with van der Waals surface area (Å²) in [6.45, 7) is 4.86. The van der Waals surface area contributed by atoms with Crippen molar-refractivity contribution >= 4 is 23.4 Å². The largest absolute Gasteiger partial charge is 0.497 e. The number of rotatable bonds is 12. The van der Waals surface area contributed by atoms with Gasteiger partial charge in [-0.25, -0.2) is 0 Å². The van der Waals surface area contributed by atoms with Crippen LogP contribution in [0.4, 0.5) is 0 Å². The van der Waals surface area contributed by atoms with E-state index in [1.165, 1.54) is 6.42 Å². The van der Waals surface area contributed by atoms with Crippen LogP contribution in [0.15, 0.2) is 24.3 Å². The Bertz CT molecular complexity index is 674. The molecule has 0 spiro atoms. The minimum absolute atomic E-state index is 0.110. The number of amides is 2. The summed E-state index contributed by atoms with van der Waals surface area (Å²) in [7, 11) is 1.62. The maximum atomic E-state index is 13.5. The molecule has 1 saturated carbocycles. The molecular weight excluding hydrogens is 412 g/mol. The SMILES string of the molecule is CCCCC(CC)CN(C(=O)CCl)C(C(=O)NC1CCCCC1)c1ccc(OC)cc1. The monoisotopic (exact) mass is 450 g/mol. The van der Waals surface area contributed by atoms with Crippen LogP contribution in [0.5, 0.6) is 5.75 Å². The summed E-state index contributed by atoms with van der Waals surface area (Å²) in [4.78, 5) is 28.2. The van der Waals surface area contributed by atoms with E-state index in [0.29, 0.717) is 12.5 Å². The Balaban J connectivity index is 2.33. The Morgan fingerprint density at radius 2 is 1.84 bits per heavy atom. The van der Waals surface area contributed by atoms with Gasteiger partial charge >= 0.3 is 0 Å². The van der Waals surface area contributed by atoms with Crippen LogP contribution in [0.25, 0.3) is 0 Å². The Hall–Kier alpha value is -1.75. The van der Waals surface area contributed by atoms with Crippen LogP contribution in [-0.2, 0) is 9.59 Å². The maximum Gasteiger partial charge on any atom is 0.247 e. The molecule has 1 N–H and O–H groups in total. The van der Waals surface area contributed by atoms with E-state index in [1.807, 2.05) is 24.3 Å². The number of carbonyl (C=O) groups excluding carboxylic acids is 2. The Labute approximate surface area is 192 Å². The van der Waals surface area contributed by atoms with Gasteiger partial charge in [0.25, 0.3) is 0 Å². The lowest BCUT2D eigenvalue weighted by molar-refractivity contribution is -0.140. The number of hydrogen-bond acceptors (Lipinski definition) is 3. The number of ether oxygens (including phenoxy) is 1. The van der Waals surface area contributed by atoms with Crippen LogP contribution in [0.3, 0.4) is 0 Å². The zero-order valence-electron chi connectivity index (χ0n) is 19.4. The number of benzene rings is 1. The van der Waals surface area contributed by atoms with Crippen LogP contribution in [0, 0.1) is 5.92 Å². The average molecular weight is 451 g/mol. The van der Waals surface area contributed by atoms with Crippen molar-refractivity contribution in [1.29, 1.82) is 0 Å². The van der Waals surface area contributed by atoms with Gasteiger partial charge in [0.15, 0.2) is 0 Å². The number of alkyl halides is 1. The smallest absolute Gasteiger partial charge is 0.247 e. The molecule has 31 heavy (non-hydrogen) atoms. The molecule has 1 aliphatic rings. The fourth-order valence-electron chi connectivity index (χ4n) is 4.41. The van der Waals surface area contributed by atoms with E-state index < -0.39 is 6.04 Å². The van der Waals surface area contributed by atoms with Crippen LogP contribution in [-0.4, -0.2) is 42.3 Å². The summed E-state index contributed by atoms with van der Waals surface area (Å²) in [5, 5.41) is 3.23. The minimum atomic E-state index is -0.685. The van der Waals surface area contributed by atoms with Crippen molar-refractivity contribution in [2.75, 3.05) is 19.5 Å². The molecule has 1 aliphatic carbocycles. The van der Waals surface area contributed by atoms with Crippen LogP contribution >= 0.6 is 11.6 Å². The molecule has 174 valence electrons. The van der Waals surface area contributed by atoms with Crippen molar-refractivity contribution in [3.63, 3.8) is 0 Å². The molecule has 5 nitrogen and oxygen atoms in total. The zero-order chi connectivity index (χ0) is 22.6. The first-order valence-electron chi connectivity index (χ1n) is 11.8. The molecular formula is C25H39ClN2O3. The normalized spacial score (nSPS) is 16.4. The highest BCUT2D eigenvalue weighted by Crippen LogP contribution is 2.28. The van der Waals surface area contributed by atoms with Gasteiger partial charge in [0, 0.05) is 12.6 Å². The third-order valence-electron chi connectivity index (χ3n) is 6.38. The number of nitrogens with zero attached hydrogens (tertiary/aromatic N) is 1. The van der Waals surface area contributed by atoms with E-state index in [9.17, 15) is 9.59 Å². The molecule has 0 heterocycles. The molecule has 0 bridgehead atoms. The second kappa shape index (κ2) is 13.6. The predicted molar refractivity (Wildman–Crippen MR) is 126 cm³/mol. The first kappa shape index (κ1) is 25.5. The number of hydrogen-bond donors (Lipinski definition) is 1. The lowest BCUT2D eigenvalue weighted by atomic mass is 9.94. The number of methoxy groups -OCH3 is 1. The van der Waals surface area contributed by atoms with E-state index >= 15 is 0 Å². The second-order valence-corrected chi connectivity index (χ2v) is 8.88. The maximum absolute atomic E-state index is 13.5. The van der Waals surface area contributed by atoms with Gasteiger partial charge in [-0.15, -0.1) is 11.6 Å². The summed E-state index contributed by atoms with van der Waals surface area (Å²) in [5.41, 5.74) is 0.790. The van der Waals surface area contributed by atoms with Crippen molar-refractivity contribution < 1.29 is 14.3 Å². The Morgan fingerprint density at radius 3 is 2.39 bits per heavy atom. The summed E-state index contributed by atoms with van der Waals surface area (Å²) in [6.07, 6.45) is 9.73.